The van der Waals surface area contributed by atoms with E-state index in [9.17, 15) is 9.18 Å². The number of carbonyl (C=O) groups excluding carboxylic acids is 1. The Morgan fingerprint density at radius 3 is 2.91 bits per heavy atom. The Bertz CT molecular complexity index is 724. The van der Waals surface area contributed by atoms with E-state index in [2.05, 4.69) is 17.0 Å². The molecule has 0 spiro atoms. The largest absolute Gasteiger partial charge is 0.352 e. The fraction of sp³-hybridized carbons (Fsp3) is 0.214. The number of rotatable bonds is 6. The number of hydrogen-bond acceptors (Lipinski definition) is 5. The molecule has 0 aliphatic rings. The van der Waals surface area contributed by atoms with Gasteiger partial charge < -0.3 is 5.32 Å². The molecule has 2 rings (SSSR count). The summed E-state index contributed by atoms with van der Waals surface area (Å²) in [4.78, 5) is 11.8. The van der Waals surface area contributed by atoms with Crippen molar-refractivity contribution in [1.29, 1.82) is 0 Å². The molecule has 116 valence electrons. The molecule has 1 atom stereocenters. The van der Waals surface area contributed by atoms with Gasteiger partial charge in [0.15, 0.2) is 8.29 Å². The van der Waals surface area contributed by atoms with Gasteiger partial charge in [0.2, 0.25) is 5.91 Å². The zero-order valence-corrected chi connectivity index (χ0v) is 14.2. The van der Waals surface area contributed by atoms with E-state index in [-0.39, 0.29) is 17.0 Å². The molecular weight excluding hydrogens is 341 g/mol. The van der Waals surface area contributed by atoms with E-state index in [1.807, 2.05) is 0 Å². The monoisotopic (exact) mass is 355 g/mol. The minimum atomic E-state index is -0.312. The predicted molar refractivity (Wildman–Crippen MR) is 90.8 cm³/mol. The van der Waals surface area contributed by atoms with Crippen LogP contribution in [0.5, 0.6) is 0 Å². The number of amides is 1. The Labute approximate surface area is 141 Å². The third-order valence-corrected chi connectivity index (χ3v) is 5.08. The van der Waals surface area contributed by atoms with Gasteiger partial charge in [-0.15, -0.1) is 11.7 Å². The molecule has 0 saturated carbocycles. The smallest absolute Gasteiger partial charge is 0.233 e. The summed E-state index contributed by atoms with van der Waals surface area (Å²) in [5, 5.41) is 6.83. The van der Waals surface area contributed by atoms with Crippen LogP contribution in [0.25, 0.3) is 5.69 Å². The van der Waals surface area contributed by atoms with Crippen LogP contribution < -0.4 is 5.32 Å². The molecule has 0 aliphatic heterocycles. The molecule has 0 saturated heterocycles. The second-order valence-corrected chi connectivity index (χ2v) is 7.53. The van der Waals surface area contributed by atoms with Gasteiger partial charge in [-0.3, -0.25) is 4.79 Å². The van der Waals surface area contributed by atoms with Crippen LogP contribution in [0.15, 0.2) is 41.3 Å². The summed E-state index contributed by atoms with van der Waals surface area (Å²) in [6, 6.07) is 5.93. The fourth-order valence-electron chi connectivity index (χ4n) is 1.58. The lowest BCUT2D eigenvalue weighted by Gasteiger charge is -2.08. The van der Waals surface area contributed by atoms with Crippen LogP contribution in [0.3, 0.4) is 0 Å². The summed E-state index contributed by atoms with van der Waals surface area (Å²) in [6.07, 6.45) is 1.63. The second-order valence-electron chi connectivity index (χ2n) is 4.32. The van der Waals surface area contributed by atoms with Crippen LogP contribution in [0, 0.1) is 9.77 Å². The van der Waals surface area contributed by atoms with Crippen molar-refractivity contribution < 1.29 is 9.18 Å². The summed E-state index contributed by atoms with van der Waals surface area (Å²) in [5.74, 6) is -0.396. The summed E-state index contributed by atoms with van der Waals surface area (Å²) >= 11 is 7.93. The van der Waals surface area contributed by atoms with Crippen molar-refractivity contribution in [2.45, 2.75) is 16.5 Å². The Morgan fingerprint density at radius 2 is 2.27 bits per heavy atom. The summed E-state index contributed by atoms with van der Waals surface area (Å²) in [5.41, 5.74) is 0.693. The average molecular weight is 355 g/mol. The van der Waals surface area contributed by atoms with E-state index in [0.717, 1.165) is 0 Å². The molecule has 1 amide bonds. The number of carbonyl (C=O) groups is 1. The molecule has 4 nitrogen and oxygen atoms in total. The maximum atomic E-state index is 13.0. The first-order chi connectivity index (χ1) is 10.5. The van der Waals surface area contributed by atoms with E-state index in [4.69, 9.17) is 12.2 Å². The lowest BCUT2D eigenvalue weighted by Crippen LogP contribution is -2.30. The molecule has 0 unspecified atom stereocenters. The molecule has 1 N–H and O–H groups in total. The summed E-state index contributed by atoms with van der Waals surface area (Å²) < 4.78 is 15.8. The average Bonchev–Trinajstić information content (AvgIpc) is 2.86. The highest BCUT2D eigenvalue weighted by Crippen LogP contribution is 2.27. The Balaban J connectivity index is 2.13. The summed E-state index contributed by atoms with van der Waals surface area (Å²) in [6.45, 7) is 5.79. The van der Waals surface area contributed by atoms with Crippen LogP contribution in [-0.4, -0.2) is 27.5 Å². The van der Waals surface area contributed by atoms with Crippen molar-refractivity contribution in [3.05, 3.63) is 46.7 Å². The molecule has 1 aromatic carbocycles. The van der Waals surface area contributed by atoms with E-state index < -0.39 is 0 Å². The quantitative estimate of drug-likeness (QED) is 0.489. The van der Waals surface area contributed by atoms with E-state index in [1.165, 1.54) is 35.2 Å². The number of aromatic nitrogens is 2. The maximum Gasteiger partial charge on any atom is 0.233 e. The van der Waals surface area contributed by atoms with Gasteiger partial charge >= 0.3 is 0 Å². The number of nitrogens with one attached hydrogen (secondary N) is 1. The molecular formula is C14H14FN3OS3. The van der Waals surface area contributed by atoms with Crippen LogP contribution in [0.4, 0.5) is 4.39 Å². The molecule has 0 fully saturated rings. The number of hydrogen-bond donors (Lipinski definition) is 1. The molecule has 22 heavy (non-hydrogen) atoms. The maximum absolute atomic E-state index is 13.0. The molecule has 1 heterocycles. The number of thioether (sulfide) groups is 1. The number of benzene rings is 1. The highest BCUT2D eigenvalue weighted by molar-refractivity contribution is 8.02. The van der Waals surface area contributed by atoms with E-state index in [1.54, 1.807) is 29.8 Å². The van der Waals surface area contributed by atoms with Crippen molar-refractivity contribution in [2.24, 2.45) is 0 Å². The van der Waals surface area contributed by atoms with Crippen molar-refractivity contribution in [3.8, 4) is 5.69 Å². The zero-order valence-electron chi connectivity index (χ0n) is 11.8. The molecule has 0 bridgehead atoms. The van der Waals surface area contributed by atoms with Gasteiger partial charge in [0, 0.05) is 6.54 Å². The Kier molecular flexibility index (Phi) is 5.87. The highest BCUT2D eigenvalue weighted by atomic mass is 32.2. The van der Waals surface area contributed by atoms with Crippen molar-refractivity contribution in [1.82, 2.24) is 15.1 Å². The molecule has 1 aromatic heterocycles. The first-order valence-corrected chi connectivity index (χ1v) is 8.53. The van der Waals surface area contributed by atoms with Crippen molar-refractivity contribution in [2.75, 3.05) is 6.54 Å². The number of halogens is 1. The zero-order chi connectivity index (χ0) is 16.1. The van der Waals surface area contributed by atoms with Crippen molar-refractivity contribution in [3.63, 3.8) is 0 Å². The minimum Gasteiger partial charge on any atom is -0.352 e. The van der Waals surface area contributed by atoms with Gasteiger partial charge in [0.1, 0.15) is 5.82 Å². The lowest BCUT2D eigenvalue weighted by molar-refractivity contribution is -0.120. The van der Waals surface area contributed by atoms with Gasteiger partial charge in [-0.2, -0.15) is 0 Å². The molecule has 0 radical (unpaired) electrons. The lowest BCUT2D eigenvalue weighted by atomic mass is 10.3. The fourth-order valence-corrected chi connectivity index (χ4v) is 4.10. The topological polar surface area (TPSA) is 46.9 Å². The molecule has 0 aliphatic carbocycles. The first kappa shape index (κ1) is 16.9. The van der Waals surface area contributed by atoms with Crippen LogP contribution in [-0.2, 0) is 4.79 Å². The first-order valence-electron chi connectivity index (χ1n) is 6.42. The molecule has 2 aromatic rings. The highest BCUT2D eigenvalue weighted by Gasteiger charge is 2.16. The molecule has 8 heteroatoms. The van der Waals surface area contributed by atoms with Gasteiger partial charge in [-0.05, 0) is 43.4 Å². The van der Waals surface area contributed by atoms with Gasteiger partial charge in [-0.25, -0.2) is 9.07 Å². The standard InChI is InChI=1S/C14H14FN3OS3/c1-3-8-16-12(19)9(2)21-13-17-18(14(20)22-13)11-6-4-10(15)5-7-11/h3-7,9H,1,8H2,2H3,(H,16,19)/t9-/m0/s1. The van der Waals surface area contributed by atoms with E-state index in [0.29, 0.717) is 20.5 Å². The van der Waals surface area contributed by atoms with Gasteiger partial charge in [-0.1, -0.05) is 29.2 Å². The normalized spacial score (nSPS) is 11.9. The minimum absolute atomic E-state index is 0.0839. The summed E-state index contributed by atoms with van der Waals surface area (Å²) in [7, 11) is 0. The van der Waals surface area contributed by atoms with Crippen LogP contribution >= 0.6 is 35.3 Å². The third kappa shape index (κ3) is 4.25. The van der Waals surface area contributed by atoms with Crippen molar-refractivity contribution >= 4 is 41.2 Å². The SMILES string of the molecule is C=CCNC(=O)[C@H](C)Sc1nn(-c2ccc(F)cc2)c(=S)s1. The van der Waals surface area contributed by atoms with Crippen LogP contribution in [0.2, 0.25) is 0 Å². The van der Waals surface area contributed by atoms with Crippen LogP contribution in [0.1, 0.15) is 6.92 Å². The van der Waals surface area contributed by atoms with Gasteiger partial charge in [0.05, 0.1) is 10.9 Å². The third-order valence-electron chi connectivity index (χ3n) is 2.67. The van der Waals surface area contributed by atoms with E-state index >= 15 is 0 Å². The Hall–Kier alpha value is -1.51. The second kappa shape index (κ2) is 7.66. The predicted octanol–water partition coefficient (Wildman–Crippen LogP) is 3.59. The number of nitrogens with zero attached hydrogens (tertiary/aromatic N) is 2. The van der Waals surface area contributed by atoms with Gasteiger partial charge in [0.25, 0.3) is 0 Å². The Morgan fingerprint density at radius 1 is 1.59 bits per heavy atom.